The van der Waals surface area contributed by atoms with Gasteiger partial charge in [-0.3, -0.25) is 4.79 Å². The van der Waals surface area contributed by atoms with Crippen LogP contribution >= 0.6 is 0 Å². The van der Waals surface area contributed by atoms with Crippen molar-refractivity contribution >= 4 is 16.9 Å². The Morgan fingerprint density at radius 2 is 1.88 bits per heavy atom. The SMILES string of the molecule is CC(O)(C(=O)N1CCC(Oc2cnc3ccccc3n2)CC1)C1CC1. The van der Waals surface area contributed by atoms with E-state index in [1.165, 1.54) is 0 Å². The van der Waals surface area contributed by atoms with E-state index in [2.05, 4.69) is 9.97 Å². The Kier molecular flexibility index (Phi) is 4.07. The number of para-hydroxylation sites is 2. The highest BCUT2D eigenvalue weighted by molar-refractivity contribution is 5.85. The van der Waals surface area contributed by atoms with Crippen LogP contribution in [0, 0.1) is 5.92 Å². The summed E-state index contributed by atoms with van der Waals surface area (Å²) in [5.74, 6) is 0.509. The number of aromatic nitrogens is 2. The van der Waals surface area contributed by atoms with Crippen LogP contribution in [-0.4, -0.2) is 50.7 Å². The molecule has 1 atom stereocenters. The van der Waals surface area contributed by atoms with E-state index in [0.29, 0.717) is 19.0 Å². The summed E-state index contributed by atoms with van der Waals surface area (Å²) in [7, 11) is 0. The standard InChI is InChI=1S/C19H23N3O3/c1-19(24,13-6-7-13)18(23)22-10-8-14(9-11-22)25-17-12-20-15-4-2-3-5-16(15)21-17/h2-5,12-14,24H,6-11H2,1H3. The van der Waals surface area contributed by atoms with Gasteiger partial charge < -0.3 is 14.7 Å². The van der Waals surface area contributed by atoms with Gasteiger partial charge in [-0.05, 0) is 37.8 Å². The number of carbonyl (C=O) groups excluding carboxylic acids is 1. The molecule has 1 aromatic heterocycles. The number of likely N-dealkylation sites (tertiary alicyclic amines) is 1. The largest absolute Gasteiger partial charge is 0.473 e. The minimum Gasteiger partial charge on any atom is -0.473 e. The molecular formula is C19H23N3O3. The van der Waals surface area contributed by atoms with Crippen LogP contribution in [0.2, 0.25) is 0 Å². The average molecular weight is 341 g/mol. The lowest BCUT2D eigenvalue weighted by Gasteiger charge is -2.36. The summed E-state index contributed by atoms with van der Waals surface area (Å²) >= 11 is 0. The van der Waals surface area contributed by atoms with Crippen molar-refractivity contribution in [1.29, 1.82) is 0 Å². The molecule has 1 aliphatic carbocycles. The maximum atomic E-state index is 12.5. The molecule has 1 aromatic carbocycles. The molecule has 1 unspecified atom stereocenters. The normalized spacial score (nSPS) is 21.1. The maximum Gasteiger partial charge on any atom is 0.254 e. The molecule has 1 N–H and O–H groups in total. The van der Waals surface area contributed by atoms with Gasteiger partial charge in [-0.15, -0.1) is 0 Å². The van der Waals surface area contributed by atoms with Crippen LogP contribution in [0.25, 0.3) is 11.0 Å². The zero-order valence-electron chi connectivity index (χ0n) is 14.4. The zero-order valence-corrected chi connectivity index (χ0v) is 14.4. The van der Waals surface area contributed by atoms with Crippen LogP contribution in [0.1, 0.15) is 32.6 Å². The van der Waals surface area contributed by atoms with Gasteiger partial charge in [0.05, 0.1) is 17.2 Å². The highest BCUT2D eigenvalue weighted by Gasteiger charge is 2.47. The van der Waals surface area contributed by atoms with E-state index in [9.17, 15) is 9.90 Å². The lowest BCUT2D eigenvalue weighted by atomic mass is 9.97. The van der Waals surface area contributed by atoms with Gasteiger partial charge in [0.15, 0.2) is 0 Å². The second kappa shape index (κ2) is 6.26. The van der Waals surface area contributed by atoms with Gasteiger partial charge in [0, 0.05) is 25.9 Å². The number of carbonyl (C=O) groups is 1. The summed E-state index contributed by atoms with van der Waals surface area (Å²) < 4.78 is 5.96. The minimum atomic E-state index is -1.21. The Labute approximate surface area is 146 Å². The number of hydrogen-bond acceptors (Lipinski definition) is 5. The van der Waals surface area contributed by atoms with Crippen molar-refractivity contribution < 1.29 is 14.6 Å². The molecule has 4 rings (SSSR count). The van der Waals surface area contributed by atoms with Crippen molar-refractivity contribution in [1.82, 2.24) is 14.9 Å². The van der Waals surface area contributed by atoms with Crippen LogP contribution in [0.4, 0.5) is 0 Å². The first-order valence-corrected chi connectivity index (χ1v) is 8.94. The molecule has 2 fully saturated rings. The quantitative estimate of drug-likeness (QED) is 0.922. The minimum absolute atomic E-state index is 0.0189. The fraction of sp³-hybridized carbons (Fsp3) is 0.526. The van der Waals surface area contributed by atoms with E-state index in [-0.39, 0.29) is 17.9 Å². The first-order valence-electron chi connectivity index (χ1n) is 8.94. The highest BCUT2D eigenvalue weighted by Crippen LogP contribution is 2.40. The molecule has 1 aliphatic heterocycles. The van der Waals surface area contributed by atoms with E-state index in [1.54, 1.807) is 18.0 Å². The van der Waals surface area contributed by atoms with Crippen LogP contribution in [0.5, 0.6) is 5.88 Å². The van der Waals surface area contributed by atoms with Gasteiger partial charge in [0.25, 0.3) is 5.91 Å². The number of aliphatic hydroxyl groups is 1. The fourth-order valence-electron chi connectivity index (χ4n) is 3.48. The first kappa shape index (κ1) is 16.3. The van der Waals surface area contributed by atoms with Crippen molar-refractivity contribution in [3.63, 3.8) is 0 Å². The van der Waals surface area contributed by atoms with Crippen LogP contribution in [-0.2, 0) is 4.79 Å². The highest BCUT2D eigenvalue weighted by atomic mass is 16.5. The molecule has 132 valence electrons. The molecule has 2 aromatic rings. The lowest BCUT2D eigenvalue weighted by molar-refractivity contribution is -0.153. The third-order valence-corrected chi connectivity index (χ3v) is 5.25. The van der Waals surface area contributed by atoms with Crippen LogP contribution in [0.15, 0.2) is 30.5 Å². The maximum absolute atomic E-state index is 12.5. The third-order valence-electron chi connectivity index (χ3n) is 5.25. The Morgan fingerprint density at radius 1 is 1.20 bits per heavy atom. The molecule has 1 saturated heterocycles. The second-order valence-electron chi connectivity index (χ2n) is 7.23. The van der Waals surface area contributed by atoms with E-state index in [1.807, 2.05) is 24.3 Å². The number of amides is 1. The molecule has 6 heteroatoms. The van der Waals surface area contributed by atoms with E-state index >= 15 is 0 Å². The molecule has 0 radical (unpaired) electrons. The Bertz CT molecular complexity index is 780. The van der Waals surface area contributed by atoms with Gasteiger partial charge in [0.1, 0.15) is 11.7 Å². The van der Waals surface area contributed by atoms with E-state index < -0.39 is 5.60 Å². The summed E-state index contributed by atoms with van der Waals surface area (Å²) in [6.45, 7) is 2.86. The number of benzene rings is 1. The van der Waals surface area contributed by atoms with Crippen LogP contribution < -0.4 is 4.74 Å². The van der Waals surface area contributed by atoms with Gasteiger partial charge in [-0.1, -0.05) is 12.1 Å². The number of piperidine rings is 1. The molecule has 2 aliphatic rings. The topological polar surface area (TPSA) is 75.5 Å². The average Bonchev–Trinajstić information content (AvgIpc) is 3.47. The Hall–Kier alpha value is -2.21. The molecular weight excluding hydrogens is 318 g/mol. The van der Waals surface area contributed by atoms with Gasteiger partial charge in [-0.25, -0.2) is 9.97 Å². The molecule has 25 heavy (non-hydrogen) atoms. The summed E-state index contributed by atoms with van der Waals surface area (Å²) in [6, 6.07) is 7.69. The summed E-state index contributed by atoms with van der Waals surface area (Å²) in [6.07, 6.45) is 5.03. The van der Waals surface area contributed by atoms with E-state index in [4.69, 9.17) is 4.74 Å². The van der Waals surface area contributed by atoms with Crippen molar-refractivity contribution in [2.75, 3.05) is 13.1 Å². The van der Waals surface area contributed by atoms with Crippen LogP contribution in [0.3, 0.4) is 0 Å². The molecule has 1 saturated carbocycles. The van der Waals surface area contributed by atoms with Gasteiger partial charge in [-0.2, -0.15) is 0 Å². The van der Waals surface area contributed by atoms with Gasteiger partial charge >= 0.3 is 0 Å². The fourth-order valence-corrected chi connectivity index (χ4v) is 3.48. The Morgan fingerprint density at radius 3 is 2.56 bits per heavy atom. The number of nitrogens with zero attached hydrogens (tertiary/aromatic N) is 3. The molecule has 0 spiro atoms. The summed E-state index contributed by atoms with van der Waals surface area (Å²) in [4.78, 5) is 23.1. The number of hydrogen-bond donors (Lipinski definition) is 1. The number of fused-ring (bicyclic) bond motifs is 1. The van der Waals surface area contributed by atoms with Gasteiger partial charge in [0.2, 0.25) is 5.88 Å². The zero-order chi connectivity index (χ0) is 17.4. The number of ether oxygens (including phenoxy) is 1. The monoisotopic (exact) mass is 341 g/mol. The second-order valence-corrected chi connectivity index (χ2v) is 7.23. The number of rotatable bonds is 4. The summed E-state index contributed by atoms with van der Waals surface area (Å²) in [5, 5.41) is 10.4. The predicted molar refractivity (Wildman–Crippen MR) is 93.1 cm³/mol. The van der Waals surface area contributed by atoms with E-state index in [0.717, 1.165) is 36.7 Å². The molecule has 2 heterocycles. The Balaban J connectivity index is 1.36. The van der Waals surface area contributed by atoms with Crippen molar-refractivity contribution in [3.8, 4) is 5.88 Å². The third kappa shape index (κ3) is 3.31. The molecule has 6 nitrogen and oxygen atoms in total. The first-order chi connectivity index (χ1) is 12.0. The molecule has 0 bridgehead atoms. The molecule has 1 amide bonds. The lowest BCUT2D eigenvalue weighted by Crippen LogP contribution is -2.52. The predicted octanol–water partition coefficient (Wildman–Crippen LogP) is 2.16. The van der Waals surface area contributed by atoms with Crippen molar-refractivity contribution in [3.05, 3.63) is 30.5 Å². The van der Waals surface area contributed by atoms with Crippen molar-refractivity contribution in [2.24, 2.45) is 5.92 Å². The smallest absolute Gasteiger partial charge is 0.254 e. The van der Waals surface area contributed by atoms with Crippen molar-refractivity contribution in [2.45, 2.75) is 44.3 Å². The summed E-state index contributed by atoms with van der Waals surface area (Å²) in [5.41, 5.74) is 0.447.